The molecule has 1 fully saturated rings. The molecule has 0 atom stereocenters. The number of hydrogen-bond acceptors (Lipinski definition) is 4. The third-order valence-corrected chi connectivity index (χ3v) is 4.49. The molecule has 1 aliphatic carbocycles. The second-order valence-corrected chi connectivity index (χ2v) is 6.58. The molecule has 1 aromatic heterocycles. The largest absolute Gasteiger partial charge is 0.488 e. The van der Waals surface area contributed by atoms with Crippen LogP contribution in [0.1, 0.15) is 32.1 Å². The Morgan fingerprint density at radius 2 is 1.93 bits per heavy atom. The van der Waals surface area contributed by atoms with Crippen LogP contribution in [0.25, 0.3) is 11.3 Å². The lowest BCUT2D eigenvalue weighted by Crippen LogP contribution is -2.19. The van der Waals surface area contributed by atoms with Crippen molar-refractivity contribution >= 4 is 5.97 Å². The van der Waals surface area contributed by atoms with Crippen LogP contribution in [0.3, 0.4) is 0 Å². The molecule has 0 radical (unpaired) electrons. The summed E-state index contributed by atoms with van der Waals surface area (Å²) >= 11 is 0. The zero-order chi connectivity index (χ0) is 19.2. The predicted octanol–water partition coefficient (Wildman–Crippen LogP) is 4.45. The van der Waals surface area contributed by atoms with Crippen LogP contribution >= 0.6 is 0 Å². The normalized spacial score (nSPS) is 13.9. The third kappa shape index (κ3) is 5.15. The molecule has 27 heavy (non-hydrogen) atoms. The quantitative estimate of drug-likeness (QED) is 0.654. The number of carbonyl (C=O) groups is 1. The maximum absolute atomic E-state index is 14.2. The van der Waals surface area contributed by atoms with Crippen LogP contribution in [0.5, 0.6) is 11.6 Å². The maximum atomic E-state index is 14.2. The zero-order valence-corrected chi connectivity index (χ0v) is 14.8. The van der Waals surface area contributed by atoms with Crippen LogP contribution in [0.4, 0.5) is 8.78 Å². The van der Waals surface area contributed by atoms with Crippen LogP contribution in [-0.2, 0) is 4.79 Å². The Bertz CT molecular complexity index is 785. The molecule has 3 rings (SSSR count). The first-order chi connectivity index (χ1) is 13.0. The first kappa shape index (κ1) is 19.1. The van der Waals surface area contributed by atoms with Crippen LogP contribution in [0, 0.1) is 17.6 Å². The van der Waals surface area contributed by atoms with Gasteiger partial charge in [-0.1, -0.05) is 12.5 Å². The van der Waals surface area contributed by atoms with E-state index in [0.29, 0.717) is 24.1 Å². The number of ether oxygens (including phenoxy) is 2. The van der Waals surface area contributed by atoms with Crippen molar-refractivity contribution in [2.75, 3.05) is 13.2 Å². The number of carboxylic acid groups (broad SMARTS) is 1. The number of benzene rings is 1. The van der Waals surface area contributed by atoms with E-state index in [-0.39, 0.29) is 25.0 Å². The molecule has 7 heteroatoms. The van der Waals surface area contributed by atoms with Gasteiger partial charge < -0.3 is 14.6 Å². The molecule has 0 amide bonds. The molecule has 0 spiro atoms. The van der Waals surface area contributed by atoms with Gasteiger partial charge in [0.15, 0.2) is 17.4 Å². The van der Waals surface area contributed by atoms with Crippen LogP contribution in [-0.4, -0.2) is 29.3 Å². The van der Waals surface area contributed by atoms with Gasteiger partial charge >= 0.3 is 5.97 Å². The molecule has 1 aliphatic rings. The van der Waals surface area contributed by atoms with Gasteiger partial charge in [-0.2, -0.15) is 0 Å². The Morgan fingerprint density at radius 1 is 1.19 bits per heavy atom. The van der Waals surface area contributed by atoms with Crippen LogP contribution < -0.4 is 9.47 Å². The third-order valence-electron chi connectivity index (χ3n) is 4.49. The molecule has 0 aliphatic heterocycles. The van der Waals surface area contributed by atoms with Crippen molar-refractivity contribution in [3.63, 3.8) is 0 Å². The minimum absolute atomic E-state index is 0.0811. The lowest BCUT2D eigenvalue weighted by molar-refractivity contribution is -0.137. The minimum atomic E-state index is -0.986. The number of aromatic nitrogens is 1. The molecular formula is C20H21F2NO4. The second kappa shape index (κ2) is 8.79. The highest BCUT2D eigenvalue weighted by atomic mass is 19.1. The number of nitrogens with zero attached hydrogens (tertiary/aromatic N) is 1. The van der Waals surface area contributed by atoms with E-state index in [4.69, 9.17) is 14.6 Å². The van der Waals surface area contributed by atoms with Crippen molar-refractivity contribution in [2.24, 2.45) is 5.92 Å². The van der Waals surface area contributed by atoms with E-state index in [1.165, 1.54) is 6.42 Å². The molecule has 2 aromatic rings. The summed E-state index contributed by atoms with van der Waals surface area (Å²) < 4.78 is 39.2. The van der Waals surface area contributed by atoms with E-state index >= 15 is 0 Å². The lowest BCUT2D eigenvalue weighted by Gasteiger charge is -2.24. The van der Waals surface area contributed by atoms with E-state index in [9.17, 15) is 13.6 Å². The van der Waals surface area contributed by atoms with Crippen molar-refractivity contribution in [1.29, 1.82) is 0 Å². The van der Waals surface area contributed by atoms with Crippen LogP contribution in [0.2, 0.25) is 0 Å². The molecular weight excluding hydrogens is 356 g/mol. The molecule has 0 bridgehead atoms. The number of rotatable bonds is 9. The fourth-order valence-electron chi connectivity index (χ4n) is 2.76. The van der Waals surface area contributed by atoms with Crippen molar-refractivity contribution < 1.29 is 28.2 Å². The van der Waals surface area contributed by atoms with Crippen LogP contribution in [0.15, 0.2) is 30.3 Å². The zero-order valence-electron chi connectivity index (χ0n) is 14.8. The van der Waals surface area contributed by atoms with Gasteiger partial charge in [-0.15, -0.1) is 0 Å². The molecule has 144 valence electrons. The van der Waals surface area contributed by atoms with E-state index in [0.717, 1.165) is 25.0 Å². The summed E-state index contributed by atoms with van der Waals surface area (Å²) in [6.45, 7) is 0.518. The fourth-order valence-corrected chi connectivity index (χ4v) is 2.76. The summed E-state index contributed by atoms with van der Waals surface area (Å²) in [6.07, 6.45) is 3.58. The minimum Gasteiger partial charge on any atom is -0.488 e. The summed E-state index contributed by atoms with van der Waals surface area (Å²) in [6, 6.07) is 7.39. The molecule has 5 nitrogen and oxygen atoms in total. The highest BCUT2D eigenvalue weighted by molar-refractivity contribution is 5.66. The van der Waals surface area contributed by atoms with Gasteiger partial charge in [-0.25, -0.2) is 13.8 Å². The molecule has 0 unspecified atom stereocenters. The van der Waals surface area contributed by atoms with Gasteiger partial charge in [-0.3, -0.25) is 4.79 Å². The van der Waals surface area contributed by atoms with Gasteiger partial charge in [0.25, 0.3) is 0 Å². The van der Waals surface area contributed by atoms with Gasteiger partial charge in [0.05, 0.1) is 18.9 Å². The van der Waals surface area contributed by atoms with Crippen molar-refractivity contribution in [2.45, 2.75) is 32.1 Å². The average Bonchev–Trinajstić information content (AvgIpc) is 2.59. The van der Waals surface area contributed by atoms with Gasteiger partial charge in [0.1, 0.15) is 0 Å². The Hall–Kier alpha value is -2.70. The molecule has 1 N–H and O–H groups in total. The van der Waals surface area contributed by atoms with Gasteiger partial charge in [0.2, 0.25) is 5.88 Å². The summed E-state index contributed by atoms with van der Waals surface area (Å²) in [5.41, 5.74) is 0.674. The van der Waals surface area contributed by atoms with Crippen molar-refractivity contribution in [1.82, 2.24) is 4.98 Å². The topological polar surface area (TPSA) is 68.7 Å². The van der Waals surface area contributed by atoms with E-state index in [1.807, 2.05) is 0 Å². The van der Waals surface area contributed by atoms with Gasteiger partial charge in [-0.05, 0) is 43.4 Å². The monoisotopic (exact) mass is 377 g/mol. The maximum Gasteiger partial charge on any atom is 0.303 e. The van der Waals surface area contributed by atoms with Crippen molar-refractivity contribution in [3.8, 4) is 22.9 Å². The molecule has 1 heterocycles. The smallest absolute Gasteiger partial charge is 0.303 e. The lowest BCUT2D eigenvalue weighted by atomic mass is 9.86. The SMILES string of the molecule is O=C(O)CCCOc1c(F)cc(-c2cccc(OCC3CCC3)n2)cc1F. The Labute approximate surface area is 156 Å². The molecule has 1 saturated carbocycles. The fraction of sp³-hybridized carbons (Fsp3) is 0.400. The predicted molar refractivity (Wildman–Crippen MR) is 94.8 cm³/mol. The number of aliphatic carboxylic acids is 1. The van der Waals surface area contributed by atoms with E-state index in [2.05, 4.69) is 4.98 Å². The Morgan fingerprint density at radius 3 is 2.56 bits per heavy atom. The van der Waals surface area contributed by atoms with Gasteiger partial charge in [0, 0.05) is 18.1 Å². The van der Waals surface area contributed by atoms with Crippen molar-refractivity contribution in [3.05, 3.63) is 42.0 Å². The Kier molecular flexibility index (Phi) is 6.21. The first-order valence-corrected chi connectivity index (χ1v) is 8.97. The molecule has 1 aromatic carbocycles. The second-order valence-electron chi connectivity index (χ2n) is 6.58. The Balaban J connectivity index is 1.68. The summed E-state index contributed by atoms with van der Waals surface area (Å²) in [4.78, 5) is 14.8. The highest BCUT2D eigenvalue weighted by Crippen LogP contribution is 2.30. The first-order valence-electron chi connectivity index (χ1n) is 8.97. The molecule has 0 saturated heterocycles. The number of halogens is 2. The summed E-state index contributed by atoms with van der Waals surface area (Å²) in [7, 11) is 0. The van der Waals surface area contributed by atoms with E-state index in [1.54, 1.807) is 18.2 Å². The average molecular weight is 377 g/mol. The standard InChI is InChI=1S/C20H21F2NO4/c21-15-10-14(11-16(22)20(15)26-9-3-8-19(24)25)17-6-2-7-18(23-17)27-12-13-4-1-5-13/h2,6-7,10-11,13H,1,3-5,8-9,12H2,(H,24,25). The van der Waals surface area contributed by atoms with E-state index < -0.39 is 23.4 Å². The number of pyridine rings is 1. The summed E-state index contributed by atoms with van der Waals surface area (Å²) in [5, 5.41) is 8.57. The highest BCUT2D eigenvalue weighted by Gasteiger charge is 2.18. The summed E-state index contributed by atoms with van der Waals surface area (Å²) in [5.74, 6) is -2.23. The number of carboxylic acids is 1. The number of hydrogen-bond donors (Lipinski definition) is 1.